The molecular formula is C13H18F2N2O3S. The quantitative estimate of drug-likeness (QED) is 0.769. The summed E-state index contributed by atoms with van der Waals surface area (Å²) >= 11 is 1.57. The van der Waals surface area contributed by atoms with Gasteiger partial charge in [0.15, 0.2) is 0 Å². The monoisotopic (exact) mass is 320 g/mol. The van der Waals surface area contributed by atoms with E-state index in [1.165, 1.54) is 25.3 Å². The van der Waals surface area contributed by atoms with E-state index < -0.39 is 18.6 Å². The third kappa shape index (κ3) is 5.76. The molecule has 1 aromatic rings. The fourth-order valence-electron chi connectivity index (χ4n) is 1.53. The molecule has 0 aliphatic rings. The topological polar surface area (TPSA) is 73.6 Å². The fraction of sp³-hybridized carbons (Fsp3) is 0.462. The highest BCUT2D eigenvalue weighted by atomic mass is 32.2. The molecule has 0 saturated carbocycles. The Kier molecular flexibility index (Phi) is 7.24. The van der Waals surface area contributed by atoms with E-state index in [-0.39, 0.29) is 11.4 Å². The Hall–Kier alpha value is -1.54. The molecule has 8 heteroatoms. The molecule has 0 aromatic heterocycles. The molecule has 0 bridgehead atoms. The lowest BCUT2D eigenvalue weighted by molar-refractivity contribution is -0.117. The minimum Gasteiger partial charge on any atom is -0.497 e. The van der Waals surface area contributed by atoms with Crippen molar-refractivity contribution < 1.29 is 23.0 Å². The Bertz CT molecular complexity index is 475. The van der Waals surface area contributed by atoms with Crippen LogP contribution in [-0.4, -0.2) is 37.7 Å². The zero-order valence-corrected chi connectivity index (χ0v) is 12.6. The maximum Gasteiger partial charge on any atom is 0.387 e. The molecule has 1 rings (SSSR count). The third-order valence-electron chi connectivity index (χ3n) is 2.63. The van der Waals surface area contributed by atoms with Crippen LogP contribution in [0.3, 0.4) is 0 Å². The molecule has 0 aliphatic heterocycles. The van der Waals surface area contributed by atoms with E-state index in [1.807, 2.05) is 6.26 Å². The van der Waals surface area contributed by atoms with Crippen LogP contribution >= 0.6 is 11.8 Å². The minimum absolute atomic E-state index is 0.0965. The number of methoxy groups -OCH3 is 1. The summed E-state index contributed by atoms with van der Waals surface area (Å²) in [6, 6.07) is 3.44. The van der Waals surface area contributed by atoms with Gasteiger partial charge in [-0.1, -0.05) is 0 Å². The van der Waals surface area contributed by atoms with E-state index in [0.29, 0.717) is 12.2 Å². The van der Waals surface area contributed by atoms with Crippen molar-refractivity contribution in [2.24, 2.45) is 5.73 Å². The van der Waals surface area contributed by atoms with Crippen molar-refractivity contribution in [3.05, 3.63) is 18.2 Å². The van der Waals surface area contributed by atoms with Gasteiger partial charge >= 0.3 is 6.61 Å². The molecule has 21 heavy (non-hydrogen) atoms. The molecule has 0 radical (unpaired) electrons. The largest absolute Gasteiger partial charge is 0.497 e. The number of amides is 1. The number of carbonyl (C=O) groups excluding carboxylic acids is 1. The summed E-state index contributed by atoms with van der Waals surface area (Å²) in [7, 11) is 1.43. The molecule has 0 aliphatic carbocycles. The van der Waals surface area contributed by atoms with Gasteiger partial charge in [0, 0.05) is 6.07 Å². The van der Waals surface area contributed by atoms with Crippen molar-refractivity contribution >= 4 is 23.4 Å². The summed E-state index contributed by atoms with van der Waals surface area (Å²) in [5.74, 6) is 0.532. The second-order valence-electron chi connectivity index (χ2n) is 4.12. The third-order valence-corrected chi connectivity index (χ3v) is 3.27. The van der Waals surface area contributed by atoms with Crippen molar-refractivity contribution in [1.29, 1.82) is 0 Å². The number of rotatable bonds is 8. The van der Waals surface area contributed by atoms with E-state index >= 15 is 0 Å². The summed E-state index contributed by atoms with van der Waals surface area (Å²) < 4.78 is 34.1. The summed E-state index contributed by atoms with van der Waals surface area (Å²) in [4.78, 5) is 11.9. The van der Waals surface area contributed by atoms with Crippen molar-refractivity contribution in [3.8, 4) is 11.5 Å². The van der Waals surface area contributed by atoms with Crippen LogP contribution in [0.5, 0.6) is 11.5 Å². The number of nitrogens with one attached hydrogen (secondary N) is 1. The van der Waals surface area contributed by atoms with E-state index in [9.17, 15) is 13.6 Å². The average molecular weight is 320 g/mol. The molecule has 0 heterocycles. The number of thioether (sulfide) groups is 1. The lowest BCUT2D eigenvalue weighted by Gasteiger charge is -2.15. The van der Waals surface area contributed by atoms with Crippen LogP contribution in [0.2, 0.25) is 0 Å². The smallest absolute Gasteiger partial charge is 0.387 e. The number of nitrogens with two attached hydrogens (primary N) is 1. The summed E-state index contributed by atoms with van der Waals surface area (Å²) in [5.41, 5.74) is 5.82. The Morgan fingerprint density at radius 1 is 1.48 bits per heavy atom. The summed E-state index contributed by atoms with van der Waals surface area (Å²) in [5, 5.41) is 2.49. The van der Waals surface area contributed by atoms with Crippen molar-refractivity contribution in [2.45, 2.75) is 19.1 Å². The Morgan fingerprint density at radius 2 is 2.19 bits per heavy atom. The highest BCUT2D eigenvalue weighted by Gasteiger charge is 2.17. The number of benzene rings is 1. The number of halogens is 2. The average Bonchev–Trinajstić information content (AvgIpc) is 2.45. The van der Waals surface area contributed by atoms with Crippen LogP contribution in [0.25, 0.3) is 0 Å². The lowest BCUT2D eigenvalue weighted by Crippen LogP contribution is -2.36. The Balaban J connectivity index is 2.85. The van der Waals surface area contributed by atoms with Crippen LogP contribution in [0.15, 0.2) is 18.2 Å². The molecule has 118 valence electrons. The molecule has 1 amide bonds. The van der Waals surface area contributed by atoms with Gasteiger partial charge in [0.25, 0.3) is 0 Å². The van der Waals surface area contributed by atoms with Crippen molar-refractivity contribution in [3.63, 3.8) is 0 Å². The van der Waals surface area contributed by atoms with Crippen LogP contribution in [0, 0.1) is 0 Å². The van der Waals surface area contributed by atoms with Gasteiger partial charge in [0.2, 0.25) is 5.91 Å². The second-order valence-corrected chi connectivity index (χ2v) is 5.10. The minimum atomic E-state index is -2.99. The summed E-state index contributed by atoms with van der Waals surface area (Å²) in [6.45, 7) is -2.99. The number of carbonyl (C=O) groups is 1. The molecule has 0 unspecified atom stereocenters. The predicted octanol–water partition coefficient (Wildman–Crippen LogP) is 2.32. The van der Waals surface area contributed by atoms with E-state index in [1.54, 1.807) is 11.8 Å². The number of anilines is 1. The molecule has 1 aromatic carbocycles. The Morgan fingerprint density at radius 3 is 2.76 bits per heavy atom. The number of alkyl halides is 2. The molecule has 0 saturated heterocycles. The molecule has 1 atom stereocenters. The van der Waals surface area contributed by atoms with Gasteiger partial charge in [-0.25, -0.2) is 0 Å². The van der Waals surface area contributed by atoms with Crippen LogP contribution < -0.4 is 20.5 Å². The molecule has 5 nitrogen and oxygen atoms in total. The normalized spacial score (nSPS) is 12.1. The first-order chi connectivity index (χ1) is 9.97. The number of ether oxygens (including phenoxy) is 2. The molecular weight excluding hydrogens is 302 g/mol. The first kappa shape index (κ1) is 17.5. The van der Waals surface area contributed by atoms with Crippen LogP contribution in [0.4, 0.5) is 14.5 Å². The fourth-order valence-corrected chi connectivity index (χ4v) is 2.02. The molecule has 3 N–H and O–H groups in total. The van der Waals surface area contributed by atoms with Gasteiger partial charge in [-0.3, -0.25) is 4.79 Å². The van der Waals surface area contributed by atoms with Gasteiger partial charge in [-0.15, -0.1) is 0 Å². The van der Waals surface area contributed by atoms with E-state index in [0.717, 1.165) is 5.75 Å². The van der Waals surface area contributed by atoms with Gasteiger partial charge in [-0.05, 0) is 30.6 Å². The van der Waals surface area contributed by atoms with Crippen LogP contribution in [-0.2, 0) is 4.79 Å². The SMILES string of the molecule is COc1ccc(OC(F)F)c(NC(=O)[C@@H](N)CCSC)c1. The predicted molar refractivity (Wildman–Crippen MR) is 79.2 cm³/mol. The van der Waals surface area contributed by atoms with Gasteiger partial charge in [0.1, 0.15) is 11.5 Å². The maximum absolute atomic E-state index is 12.4. The standard InChI is InChI=1S/C13H18F2N2O3S/c1-19-8-3-4-11(20-13(14)15)10(7-8)17-12(18)9(16)5-6-21-2/h3-4,7,9,13H,5-6,16H2,1-2H3,(H,17,18)/t9-/m0/s1. The highest BCUT2D eigenvalue weighted by Crippen LogP contribution is 2.30. The maximum atomic E-state index is 12.4. The lowest BCUT2D eigenvalue weighted by atomic mass is 10.2. The van der Waals surface area contributed by atoms with Gasteiger partial charge in [-0.2, -0.15) is 20.5 Å². The van der Waals surface area contributed by atoms with Crippen molar-refractivity contribution in [2.75, 3.05) is 24.4 Å². The van der Waals surface area contributed by atoms with Gasteiger partial charge < -0.3 is 20.5 Å². The molecule has 0 fully saturated rings. The van der Waals surface area contributed by atoms with Gasteiger partial charge in [0.05, 0.1) is 18.8 Å². The second kappa shape index (κ2) is 8.68. The zero-order chi connectivity index (χ0) is 15.8. The Labute approximate surface area is 126 Å². The van der Waals surface area contributed by atoms with E-state index in [2.05, 4.69) is 10.1 Å². The molecule has 0 spiro atoms. The zero-order valence-electron chi connectivity index (χ0n) is 11.8. The first-order valence-electron chi connectivity index (χ1n) is 6.16. The van der Waals surface area contributed by atoms with Crippen LogP contribution in [0.1, 0.15) is 6.42 Å². The number of hydrogen-bond donors (Lipinski definition) is 2. The summed E-state index contributed by atoms with van der Waals surface area (Å²) in [6.07, 6.45) is 2.39. The first-order valence-corrected chi connectivity index (χ1v) is 7.55. The van der Waals surface area contributed by atoms with E-state index in [4.69, 9.17) is 10.5 Å². The highest BCUT2D eigenvalue weighted by molar-refractivity contribution is 7.98. The van der Waals surface area contributed by atoms with Crippen molar-refractivity contribution in [1.82, 2.24) is 0 Å². The number of hydrogen-bond acceptors (Lipinski definition) is 5.